The number of nitrogens with one attached hydrogen (secondary N) is 1. The van der Waals surface area contributed by atoms with Crippen LogP contribution in [-0.4, -0.2) is 10.7 Å². The Balaban J connectivity index is 2.18. The van der Waals surface area contributed by atoms with E-state index >= 15 is 0 Å². The van der Waals surface area contributed by atoms with Gasteiger partial charge in [0.1, 0.15) is 5.82 Å². The highest BCUT2D eigenvalue weighted by Crippen LogP contribution is 2.26. The van der Waals surface area contributed by atoms with Crippen LogP contribution in [0.2, 0.25) is 0 Å². The summed E-state index contributed by atoms with van der Waals surface area (Å²) in [7, 11) is 0. The molecule has 3 rings (SSSR count). The fourth-order valence-electron chi connectivity index (χ4n) is 2.39. The molecule has 5 heteroatoms. The predicted octanol–water partition coefficient (Wildman–Crippen LogP) is 5.20. The van der Waals surface area contributed by atoms with Crippen LogP contribution in [0.25, 0.3) is 10.9 Å². The van der Waals surface area contributed by atoms with Crippen LogP contribution in [0.3, 0.4) is 0 Å². The number of fused-ring (bicyclic) bond motifs is 1. The van der Waals surface area contributed by atoms with Crippen molar-refractivity contribution in [3.05, 3.63) is 77.8 Å². The lowest BCUT2D eigenvalue weighted by molar-refractivity contribution is 0.511. The molecule has 0 amide bonds. The maximum absolute atomic E-state index is 13.6. The van der Waals surface area contributed by atoms with Gasteiger partial charge in [0.25, 0.3) is 0 Å². The number of benzene rings is 2. The number of allylic oxidation sites excluding steroid dienone is 1. The minimum absolute atomic E-state index is 0.360. The van der Waals surface area contributed by atoms with Gasteiger partial charge in [-0.2, -0.15) is 0 Å². The average molecular weight is 314 g/mol. The Bertz CT molecular complexity index is 939. The van der Waals surface area contributed by atoms with E-state index in [4.69, 9.17) is 0 Å². The van der Waals surface area contributed by atoms with Crippen molar-refractivity contribution in [3.8, 4) is 0 Å². The first-order valence-electron chi connectivity index (χ1n) is 6.94. The Kier molecular flexibility index (Phi) is 3.78. The number of halogens is 3. The van der Waals surface area contributed by atoms with Crippen LogP contribution in [0.5, 0.6) is 0 Å². The van der Waals surface area contributed by atoms with E-state index in [1.807, 2.05) is 0 Å². The lowest BCUT2D eigenvalue weighted by atomic mass is 10.1. The SMILES string of the molecule is C=CC(=Nc1cccc(F)c1C)c1c[nH]c2cc(F)c(F)cc12. The molecule has 0 spiro atoms. The first-order valence-corrected chi connectivity index (χ1v) is 6.94. The van der Waals surface area contributed by atoms with Crippen LogP contribution in [0.15, 0.2) is 54.2 Å². The summed E-state index contributed by atoms with van der Waals surface area (Å²) < 4.78 is 40.4. The number of H-pyrrole nitrogens is 1. The summed E-state index contributed by atoms with van der Waals surface area (Å²) in [6, 6.07) is 6.78. The molecule has 0 bridgehead atoms. The van der Waals surface area contributed by atoms with E-state index in [1.54, 1.807) is 25.3 Å². The molecule has 1 heterocycles. The third-order valence-electron chi connectivity index (χ3n) is 3.67. The molecule has 0 fully saturated rings. The van der Waals surface area contributed by atoms with Gasteiger partial charge in [0.2, 0.25) is 0 Å². The third-order valence-corrected chi connectivity index (χ3v) is 3.67. The summed E-state index contributed by atoms with van der Waals surface area (Å²) in [6.07, 6.45) is 3.09. The molecule has 116 valence electrons. The zero-order valence-electron chi connectivity index (χ0n) is 12.3. The summed E-state index contributed by atoms with van der Waals surface area (Å²) in [5.41, 5.74) is 2.32. The Morgan fingerprint density at radius 1 is 1.13 bits per heavy atom. The molecule has 0 saturated heterocycles. The number of aliphatic imine (C=N–C) groups is 1. The van der Waals surface area contributed by atoms with E-state index in [2.05, 4.69) is 16.6 Å². The van der Waals surface area contributed by atoms with Crippen molar-refractivity contribution in [2.75, 3.05) is 0 Å². The minimum Gasteiger partial charge on any atom is -0.360 e. The second-order valence-electron chi connectivity index (χ2n) is 5.10. The van der Waals surface area contributed by atoms with Crippen LogP contribution >= 0.6 is 0 Å². The number of nitrogens with zero attached hydrogens (tertiary/aromatic N) is 1. The van der Waals surface area contributed by atoms with E-state index in [-0.39, 0.29) is 5.82 Å². The van der Waals surface area contributed by atoms with Crippen LogP contribution in [0.4, 0.5) is 18.9 Å². The first-order chi connectivity index (χ1) is 11.0. The molecule has 23 heavy (non-hydrogen) atoms. The zero-order chi connectivity index (χ0) is 16.6. The molecule has 0 aliphatic carbocycles. The third kappa shape index (κ3) is 2.65. The van der Waals surface area contributed by atoms with Gasteiger partial charge >= 0.3 is 0 Å². The summed E-state index contributed by atoms with van der Waals surface area (Å²) >= 11 is 0. The van der Waals surface area contributed by atoms with Crippen molar-refractivity contribution in [3.63, 3.8) is 0 Å². The van der Waals surface area contributed by atoms with E-state index in [0.29, 0.717) is 33.4 Å². The average Bonchev–Trinajstić information content (AvgIpc) is 2.92. The number of hydrogen-bond donors (Lipinski definition) is 1. The molecule has 1 aromatic heterocycles. The van der Waals surface area contributed by atoms with Gasteiger partial charge in [-0.25, -0.2) is 18.2 Å². The van der Waals surface area contributed by atoms with Gasteiger partial charge in [-0.1, -0.05) is 12.6 Å². The Labute approximate surface area is 131 Å². The fourth-order valence-corrected chi connectivity index (χ4v) is 2.39. The van der Waals surface area contributed by atoms with E-state index in [1.165, 1.54) is 12.1 Å². The second-order valence-corrected chi connectivity index (χ2v) is 5.10. The Morgan fingerprint density at radius 2 is 1.87 bits per heavy atom. The smallest absolute Gasteiger partial charge is 0.160 e. The molecular formula is C18H13F3N2. The van der Waals surface area contributed by atoms with Crippen molar-refractivity contribution >= 4 is 22.3 Å². The summed E-state index contributed by atoms with van der Waals surface area (Å²) in [4.78, 5) is 7.28. The molecular weight excluding hydrogens is 301 g/mol. The normalized spacial score (nSPS) is 11.9. The quantitative estimate of drug-likeness (QED) is 0.644. The van der Waals surface area contributed by atoms with E-state index in [0.717, 1.165) is 12.1 Å². The maximum atomic E-state index is 13.6. The largest absolute Gasteiger partial charge is 0.360 e. The van der Waals surface area contributed by atoms with Gasteiger partial charge in [0, 0.05) is 34.3 Å². The van der Waals surface area contributed by atoms with Gasteiger partial charge in [-0.05, 0) is 31.2 Å². The highest BCUT2D eigenvalue weighted by atomic mass is 19.2. The molecule has 0 saturated carbocycles. The molecule has 0 atom stereocenters. The minimum atomic E-state index is -0.941. The molecule has 0 aliphatic heterocycles. The highest BCUT2D eigenvalue weighted by Gasteiger charge is 2.13. The number of hydrogen-bond acceptors (Lipinski definition) is 1. The van der Waals surface area contributed by atoms with E-state index < -0.39 is 11.6 Å². The van der Waals surface area contributed by atoms with Crippen molar-refractivity contribution < 1.29 is 13.2 Å². The number of aromatic amines is 1. The molecule has 0 aliphatic rings. The molecule has 0 radical (unpaired) electrons. The van der Waals surface area contributed by atoms with Gasteiger partial charge in [0.15, 0.2) is 11.6 Å². The summed E-state index contributed by atoms with van der Waals surface area (Å²) in [5, 5.41) is 0.483. The van der Waals surface area contributed by atoms with Crippen molar-refractivity contribution in [1.82, 2.24) is 4.98 Å². The lowest BCUT2D eigenvalue weighted by Crippen LogP contribution is -1.96. The van der Waals surface area contributed by atoms with E-state index in [9.17, 15) is 13.2 Å². The highest BCUT2D eigenvalue weighted by molar-refractivity contribution is 6.17. The van der Waals surface area contributed by atoms with Gasteiger partial charge in [0.05, 0.1) is 11.4 Å². The van der Waals surface area contributed by atoms with Gasteiger partial charge < -0.3 is 4.98 Å². The molecule has 2 nitrogen and oxygen atoms in total. The van der Waals surface area contributed by atoms with Gasteiger partial charge in [-0.3, -0.25) is 0 Å². The lowest BCUT2D eigenvalue weighted by Gasteiger charge is -2.04. The maximum Gasteiger partial charge on any atom is 0.160 e. The van der Waals surface area contributed by atoms with Crippen molar-refractivity contribution in [2.24, 2.45) is 4.99 Å². The van der Waals surface area contributed by atoms with Crippen molar-refractivity contribution in [2.45, 2.75) is 6.92 Å². The topological polar surface area (TPSA) is 28.1 Å². The summed E-state index contributed by atoms with van der Waals surface area (Å²) in [5.74, 6) is -2.23. The second kappa shape index (κ2) is 5.76. The Morgan fingerprint density at radius 3 is 2.61 bits per heavy atom. The number of rotatable bonds is 3. The van der Waals surface area contributed by atoms with Crippen LogP contribution in [-0.2, 0) is 0 Å². The zero-order valence-corrected chi connectivity index (χ0v) is 12.3. The van der Waals surface area contributed by atoms with Crippen LogP contribution < -0.4 is 0 Å². The monoisotopic (exact) mass is 314 g/mol. The van der Waals surface area contributed by atoms with Crippen molar-refractivity contribution in [1.29, 1.82) is 0 Å². The van der Waals surface area contributed by atoms with Crippen LogP contribution in [0.1, 0.15) is 11.1 Å². The molecule has 2 aromatic carbocycles. The molecule has 0 unspecified atom stereocenters. The van der Waals surface area contributed by atoms with Crippen LogP contribution in [0, 0.1) is 24.4 Å². The van der Waals surface area contributed by atoms with Gasteiger partial charge in [-0.15, -0.1) is 0 Å². The molecule has 1 N–H and O–H groups in total. The fraction of sp³-hybridized carbons (Fsp3) is 0.0556. The molecule has 3 aromatic rings. The standard InChI is InChI=1S/C18H13F3N2/c1-3-16(23-17-6-4-5-13(19)10(17)2)12-9-22-18-8-15(21)14(20)7-11(12)18/h3-9,22H,1H2,2H3. The first kappa shape index (κ1) is 15.1. The predicted molar refractivity (Wildman–Crippen MR) is 85.7 cm³/mol. The Hall–Kier alpha value is -2.82. The summed E-state index contributed by atoms with van der Waals surface area (Å²) in [6.45, 7) is 5.33. The number of aromatic nitrogens is 1.